The summed E-state index contributed by atoms with van der Waals surface area (Å²) in [5.74, 6) is 6.55. The second-order valence-corrected chi connectivity index (χ2v) is 5.26. The standard InChI is InChI=1S/C13H20N4O2/c1-9-6-7-16(8-10(9)2)12-5-3-4-11(15-14)13(12)17(18)19/h3-5,9-10,15H,6-8,14H2,1-2H3. The molecule has 1 fully saturated rings. The number of nitro benzene ring substituents is 1. The Hall–Kier alpha value is -1.82. The van der Waals surface area contributed by atoms with Crippen LogP contribution < -0.4 is 16.2 Å². The monoisotopic (exact) mass is 264 g/mol. The van der Waals surface area contributed by atoms with Crippen molar-refractivity contribution in [3.05, 3.63) is 28.3 Å². The highest BCUT2D eigenvalue weighted by Crippen LogP contribution is 2.37. The number of benzene rings is 1. The average molecular weight is 264 g/mol. The van der Waals surface area contributed by atoms with Gasteiger partial charge in [-0.3, -0.25) is 16.0 Å². The van der Waals surface area contributed by atoms with Crippen molar-refractivity contribution in [1.29, 1.82) is 0 Å². The minimum absolute atomic E-state index is 0.0618. The predicted molar refractivity (Wildman–Crippen MR) is 76.1 cm³/mol. The van der Waals surface area contributed by atoms with Gasteiger partial charge in [0.15, 0.2) is 0 Å². The fourth-order valence-electron chi connectivity index (χ4n) is 2.58. The third-order valence-electron chi connectivity index (χ3n) is 4.03. The molecular formula is C13H20N4O2. The summed E-state index contributed by atoms with van der Waals surface area (Å²) in [6, 6.07) is 5.21. The minimum Gasteiger partial charge on any atom is -0.366 e. The number of nitrogens with zero attached hydrogens (tertiary/aromatic N) is 2. The molecule has 6 heteroatoms. The van der Waals surface area contributed by atoms with Crippen molar-refractivity contribution in [2.75, 3.05) is 23.4 Å². The molecule has 2 unspecified atom stereocenters. The Bertz CT molecular complexity index is 478. The number of nitro groups is 1. The Labute approximate surface area is 112 Å². The van der Waals surface area contributed by atoms with E-state index in [1.165, 1.54) is 0 Å². The van der Waals surface area contributed by atoms with Gasteiger partial charge in [0.2, 0.25) is 0 Å². The van der Waals surface area contributed by atoms with Gasteiger partial charge in [0.25, 0.3) is 0 Å². The first-order valence-corrected chi connectivity index (χ1v) is 6.53. The Balaban J connectivity index is 2.37. The lowest BCUT2D eigenvalue weighted by atomic mass is 9.88. The summed E-state index contributed by atoms with van der Waals surface area (Å²) < 4.78 is 0. The molecule has 1 aromatic rings. The minimum atomic E-state index is -0.368. The van der Waals surface area contributed by atoms with Crippen LogP contribution in [0.2, 0.25) is 0 Å². The topological polar surface area (TPSA) is 84.4 Å². The molecule has 1 aromatic carbocycles. The molecule has 2 rings (SSSR count). The zero-order valence-electron chi connectivity index (χ0n) is 11.3. The second-order valence-electron chi connectivity index (χ2n) is 5.26. The number of nitrogens with two attached hydrogens (primary N) is 1. The molecule has 0 aromatic heterocycles. The lowest BCUT2D eigenvalue weighted by Gasteiger charge is -2.36. The maximum Gasteiger partial charge on any atom is 0.316 e. The smallest absolute Gasteiger partial charge is 0.316 e. The first-order valence-electron chi connectivity index (χ1n) is 6.53. The molecule has 0 amide bonds. The van der Waals surface area contributed by atoms with E-state index in [1.54, 1.807) is 18.2 Å². The second kappa shape index (κ2) is 5.44. The summed E-state index contributed by atoms with van der Waals surface area (Å²) in [5.41, 5.74) is 3.48. The maximum atomic E-state index is 11.3. The summed E-state index contributed by atoms with van der Waals surface area (Å²) in [6.07, 6.45) is 1.05. The normalized spacial score (nSPS) is 23.2. The third-order valence-corrected chi connectivity index (χ3v) is 4.03. The van der Waals surface area contributed by atoms with Crippen LogP contribution in [0.25, 0.3) is 0 Å². The highest BCUT2D eigenvalue weighted by atomic mass is 16.6. The van der Waals surface area contributed by atoms with Crippen LogP contribution in [0.4, 0.5) is 17.1 Å². The van der Waals surface area contributed by atoms with Crippen molar-refractivity contribution < 1.29 is 4.92 Å². The van der Waals surface area contributed by atoms with Crippen LogP contribution in [0.3, 0.4) is 0 Å². The molecule has 0 aliphatic carbocycles. The van der Waals surface area contributed by atoms with E-state index in [9.17, 15) is 10.1 Å². The Morgan fingerprint density at radius 3 is 2.74 bits per heavy atom. The molecule has 1 aliphatic heterocycles. The fraction of sp³-hybridized carbons (Fsp3) is 0.538. The van der Waals surface area contributed by atoms with Gasteiger partial charge in [0.05, 0.1) is 4.92 Å². The number of piperidine rings is 1. The molecule has 0 spiro atoms. The third kappa shape index (κ3) is 2.63. The zero-order valence-corrected chi connectivity index (χ0v) is 11.3. The van der Waals surface area contributed by atoms with E-state index in [4.69, 9.17) is 5.84 Å². The number of anilines is 2. The summed E-state index contributed by atoms with van der Waals surface area (Å²) in [6.45, 7) is 6.11. The summed E-state index contributed by atoms with van der Waals surface area (Å²) >= 11 is 0. The van der Waals surface area contributed by atoms with Crippen molar-refractivity contribution >= 4 is 17.1 Å². The van der Waals surface area contributed by atoms with Gasteiger partial charge in [-0.15, -0.1) is 0 Å². The molecule has 1 heterocycles. The van der Waals surface area contributed by atoms with Crippen LogP contribution in [0.15, 0.2) is 18.2 Å². The SMILES string of the molecule is CC1CCN(c2cccc(NN)c2[N+](=O)[O-])CC1C. The van der Waals surface area contributed by atoms with Crippen molar-refractivity contribution in [3.8, 4) is 0 Å². The van der Waals surface area contributed by atoms with Crippen molar-refractivity contribution in [3.63, 3.8) is 0 Å². The van der Waals surface area contributed by atoms with Gasteiger partial charge >= 0.3 is 5.69 Å². The van der Waals surface area contributed by atoms with Gasteiger partial charge in [-0.25, -0.2) is 0 Å². The van der Waals surface area contributed by atoms with Gasteiger partial charge in [-0.1, -0.05) is 19.9 Å². The van der Waals surface area contributed by atoms with E-state index in [1.807, 2.05) is 0 Å². The van der Waals surface area contributed by atoms with Crippen LogP contribution in [-0.2, 0) is 0 Å². The lowest BCUT2D eigenvalue weighted by molar-refractivity contribution is -0.383. The molecule has 0 bridgehead atoms. The molecule has 6 nitrogen and oxygen atoms in total. The van der Waals surface area contributed by atoms with Crippen LogP contribution in [0.5, 0.6) is 0 Å². The largest absolute Gasteiger partial charge is 0.366 e. The molecule has 0 saturated carbocycles. The van der Waals surface area contributed by atoms with Crippen LogP contribution in [0, 0.1) is 22.0 Å². The summed E-state index contributed by atoms with van der Waals surface area (Å²) in [5, 5.41) is 11.3. The first-order chi connectivity index (χ1) is 9.04. The number of rotatable bonds is 3. The van der Waals surface area contributed by atoms with E-state index in [2.05, 4.69) is 24.2 Å². The number of nitrogen functional groups attached to an aromatic ring is 1. The summed E-state index contributed by atoms with van der Waals surface area (Å²) in [4.78, 5) is 13.0. The molecular weight excluding hydrogens is 244 g/mol. The number of nitrogens with one attached hydrogen (secondary N) is 1. The van der Waals surface area contributed by atoms with E-state index < -0.39 is 0 Å². The molecule has 1 saturated heterocycles. The summed E-state index contributed by atoms with van der Waals surface area (Å²) in [7, 11) is 0. The number of hydrogen-bond donors (Lipinski definition) is 2. The van der Waals surface area contributed by atoms with Gasteiger partial charge in [0, 0.05) is 13.1 Å². The fourth-order valence-corrected chi connectivity index (χ4v) is 2.58. The molecule has 2 atom stereocenters. The molecule has 19 heavy (non-hydrogen) atoms. The molecule has 1 aliphatic rings. The van der Waals surface area contributed by atoms with Crippen LogP contribution in [-0.4, -0.2) is 18.0 Å². The predicted octanol–water partition coefficient (Wildman–Crippen LogP) is 2.36. The average Bonchev–Trinajstić information content (AvgIpc) is 2.40. The zero-order chi connectivity index (χ0) is 14.0. The highest BCUT2D eigenvalue weighted by molar-refractivity contribution is 5.76. The van der Waals surface area contributed by atoms with E-state index in [-0.39, 0.29) is 10.6 Å². The Morgan fingerprint density at radius 1 is 1.42 bits per heavy atom. The van der Waals surface area contributed by atoms with E-state index in [0.29, 0.717) is 23.2 Å². The first kappa shape index (κ1) is 13.6. The van der Waals surface area contributed by atoms with Crippen molar-refractivity contribution in [2.24, 2.45) is 17.7 Å². The van der Waals surface area contributed by atoms with Crippen LogP contribution >= 0.6 is 0 Å². The van der Waals surface area contributed by atoms with E-state index >= 15 is 0 Å². The quantitative estimate of drug-likeness (QED) is 0.497. The maximum absolute atomic E-state index is 11.3. The van der Waals surface area contributed by atoms with Gasteiger partial charge in [-0.05, 0) is 30.4 Å². The number of para-hydroxylation sites is 1. The van der Waals surface area contributed by atoms with Crippen LogP contribution in [0.1, 0.15) is 20.3 Å². The Morgan fingerprint density at radius 2 is 2.16 bits per heavy atom. The molecule has 0 radical (unpaired) electrons. The molecule has 3 N–H and O–H groups in total. The number of hydrogen-bond acceptors (Lipinski definition) is 5. The van der Waals surface area contributed by atoms with Crippen molar-refractivity contribution in [2.45, 2.75) is 20.3 Å². The lowest BCUT2D eigenvalue weighted by Crippen LogP contribution is -2.38. The van der Waals surface area contributed by atoms with Gasteiger partial charge in [-0.2, -0.15) is 0 Å². The van der Waals surface area contributed by atoms with Crippen molar-refractivity contribution in [1.82, 2.24) is 0 Å². The van der Waals surface area contributed by atoms with E-state index in [0.717, 1.165) is 19.5 Å². The molecule has 104 valence electrons. The Kier molecular flexibility index (Phi) is 3.90. The van der Waals surface area contributed by atoms with Gasteiger partial charge < -0.3 is 10.3 Å². The highest BCUT2D eigenvalue weighted by Gasteiger charge is 2.28. The van der Waals surface area contributed by atoms with Gasteiger partial charge in [0.1, 0.15) is 11.4 Å². The number of hydrazine groups is 1.